The summed E-state index contributed by atoms with van der Waals surface area (Å²) >= 11 is 6.08. The van der Waals surface area contributed by atoms with Gasteiger partial charge in [-0.05, 0) is 48.4 Å². The Hall–Kier alpha value is -3.38. The number of aromatic nitrogens is 1. The minimum absolute atomic E-state index is 0.133. The Bertz CT molecular complexity index is 1180. The molecule has 0 N–H and O–H groups in total. The van der Waals surface area contributed by atoms with Crippen molar-refractivity contribution >= 4 is 34.9 Å². The van der Waals surface area contributed by atoms with E-state index in [1.54, 1.807) is 31.0 Å². The molecule has 1 unspecified atom stereocenters. The summed E-state index contributed by atoms with van der Waals surface area (Å²) in [5.41, 5.74) is 3.05. The van der Waals surface area contributed by atoms with E-state index in [2.05, 4.69) is 4.98 Å². The van der Waals surface area contributed by atoms with E-state index in [9.17, 15) is 9.59 Å². The SMILES string of the molecule is C[C@H]1Oc2nc(N3C(=O)c4ccccc4C3c3ccc(Cl)cc3)ccc2N(C)C1=O. The molecule has 6 nitrogen and oxygen atoms in total. The lowest BCUT2D eigenvalue weighted by atomic mass is 9.98. The molecule has 0 saturated heterocycles. The third-order valence-corrected chi connectivity index (χ3v) is 5.80. The fourth-order valence-corrected chi connectivity index (χ4v) is 4.16. The van der Waals surface area contributed by atoms with Crippen LogP contribution in [0.2, 0.25) is 5.02 Å². The van der Waals surface area contributed by atoms with Crippen molar-refractivity contribution in [2.75, 3.05) is 16.8 Å². The van der Waals surface area contributed by atoms with Gasteiger partial charge in [0.05, 0.1) is 6.04 Å². The van der Waals surface area contributed by atoms with Gasteiger partial charge in [0.25, 0.3) is 11.8 Å². The minimum Gasteiger partial charge on any atom is -0.463 e. The molecule has 150 valence electrons. The van der Waals surface area contributed by atoms with E-state index in [1.165, 1.54) is 4.90 Å². The number of ether oxygens (including phenoxy) is 1. The van der Waals surface area contributed by atoms with Crippen LogP contribution in [0.5, 0.6) is 5.88 Å². The number of fused-ring (bicyclic) bond motifs is 2. The Balaban J connectivity index is 1.64. The highest BCUT2D eigenvalue weighted by Crippen LogP contribution is 2.43. The second-order valence-corrected chi connectivity index (χ2v) is 7.80. The van der Waals surface area contributed by atoms with Gasteiger partial charge in [0.2, 0.25) is 5.88 Å². The van der Waals surface area contributed by atoms with E-state index in [0.717, 1.165) is 11.1 Å². The quantitative estimate of drug-likeness (QED) is 0.623. The van der Waals surface area contributed by atoms with Crippen LogP contribution in [0.25, 0.3) is 0 Å². The van der Waals surface area contributed by atoms with E-state index in [1.807, 2.05) is 48.5 Å². The van der Waals surface area contributed by atoms with Crippen LogP contribution in [0.4, 0.5) is 11.5 Å². The number of hydrogen-bond donors (Lipinski definition) is 0. The molecule has 0 spiro atoms. The highest BCUT2D eigenvalue weighted by molar-refractivity contribution is 6.30. The van der Waals surface area contributed by atoms with Crippen LogP contribution in [0.1, 0.15) is 34.5 Å². The monoisotopic (exact) mass is 419 g/mol. The average Bonchev–Trinajstić information content (AvgIpc) is 3.05. The summed E-state index contributed by atoms with van der Waals surface area (Å²) in [4.78, 5) is 33.4. The number of benzene rings is 2. The predicted octanol–water partition coefficient (Wildman–Crippen LogP) is 4.23. The maximum Gasteiger partial charge on any atom is 0.267 e. The Labute approximate surface area is 178 Å². The number of likely N-dealkylation sites (N-methyl/N-ethyl adjacent to an activating group) is 1. The number of amides is 2. The van der Waals surface area contributed by atoms with Crippen LogP contribution in [0, 0.1) is 0 Å². The maximum absolute atomic E-state index is 13.4. The van der Waals surface area contributed by atoms with Crippen LogP contribution in [0.3, 0.4) is 0 Å². The lowest BCUT2D eigenvalue weighted by molar-refractivity contribution is -0.125. The van der Waals surface area contributed by atoms with Gasteiger partial charge in [-0.3, -0.25) is 14.5 Å². The molecule has 2 atom stereocenters. The van der Waals surface area contributed by atoms with Crippen LogP contribution < -0.4 is 14.5 Å². The molecule has 1 aromatic heterocycles. The standard InChI is InChI=1S/C23H18ClN3O3/c1-13-22(28)26(2)18-11-12-19(25-21(18)30-13)27-20(14-7-9-15(24)10-8-14)16-5-3-4-6-17(16)23(27)29/h3-13,20H,1-2H3/t13-,20?/m1/s1. The number of nitrogens with zero attached hydrogens (tertiary/aromatic N) is 3. The predicted molar refractivity (Wildman–Crippen MR) is 114 cm³/mol. The molecule has 5 rings (SSSR count). The van der Waals surface area contributed by atoms with E-state index < -0.39 is 6.10 Å². The van der Waals surface area contributed by atoms with Crippen molar-refractivity contribution in [3.63, 3.8) is 0 Å². The van der Waals surface area contributed by atoms with Crippen molar-refractivity contribution in [2.24, 2.45) is 0 Å². The zero-order chi connectivity index (χ0) is 21.0. The highest BCUT2D eigenvalue weighted by Gasteiger charge is 2.40. The average molecular weight is 420 g/mol. The summed E-state index contributed by atoms with van der Waals surface area (Å²) in [6.45, 7) is 1.68. The molecule has 2 aliphatic rings. The van der Waals surface area contributed by atoms with Crippen molar-refractivity contribution in [3.05, 3.63) is 82.4 Å². The molecule has 3 heterocycles. The second kappa shape index (κ2) is 6.85. The number of carbonyl (C=O) groups is 2. The molecule has 7 heteroatoms. The summed E-state index contributed by atoms with van der Waals surface area (Å²) in [6, 6.07) is 18.2. The molecule has 2 aromatic carbocycles. The number of rotatable bonds is 2. The Kier molecular flexibility index (Phi) is 4.25. The summed E-state index contributed by atoms with van der Waals surface area (Å²) < 4.78 is 5.73. The molecule has 2 aliphatic heterocycles. The summed E-state index contributed by atoms with van der Waals surface area (Å²) in [7, 11) is 1.69. The first-order chi connectivity index (χ1) is 14.5. The number of hydrogen-bond acceptors (Lipinski definition) is 4. The normalized spacial score (nSPS) is 20.1. The molecule has 0 aliphatic carbocycles. The van der Waals surface area contributed by atoms with Crippen molar-refractivity contribution in [2.45, 2.75) is 19.1 Å². The first-order valence-electron chi connectivity index (χ1n) is 9.59. The third-order valence-electron chi connectivity index (χ3n) is 5.55. The first kappa shape index (κ1) is 18.6. The van der Waals surface area contributed by atoms with Gasteiger partial charge < -0.3 is 9.64 Å². The lowest BCUT2D eigenvalue weighted by Crippen LogP contribution is -2.42. The summed E-state index contributed by atoms with van der Waals surface area (Å²) in [6.07, 6.45) is -0.635. The zero-order valence-electron chi connectivity index (χ0n) is 16.4. The highest BCUT2D eigenvalue weighted by atomic mass is 35.5. The molecular formula is C23H18ClN3O3. The van der Waals surface area contributed by atoms with Gasteiger partial charge in [-0.1, -0.05) is 41.9 Å². The molecule has 3 aromatic rings. The Morgan fingerprint density at radius 3 is 2.50 bits per heavy atom. The van der Waals surface area contributed by atoms with Gasteiger partial charge in [-0.25, -0.2) is 0 Å². The zero-order valence-corrected chi connectivity index (χ0v) is 17.1. The molecule has 0 saturated carbocycles. The van der Waals surface area contributed by atoms with Gasteiger partial charge in [0, 0.05) is 17.6 Å². The van der Waals surface area contributed by atoms with Gasteiger partial charge in [0.15, 0.2) is 6.10 Å². The van der Waals surface area contributed by atoms with Gasteiger partial charge in [-0.2, -0.15) is 4.98 Å². The topological polar surface area (TPSA) is 62.7 Å². The van der Waals surface area contributed by atoms with E-state index in [0.29, 0.717) is 28.0 Å². The van der Waals surface area contributed by atoms with E-state index >= 15 is 0 Å². The molecule has 30 heavy (non-hydrogen) atoms. The lowest BCUT2D eigenvalue weighted by Gasteiger charge is -2.31. The van der Waals surface area contributed by atoms with Gasteiger partial charge in [-0.15, -0.1) is 0 Å². The van der Waals surface area contributed by atoms with Crippen LogP contribution in [-0.4, -0.2) is 29.9 Å². The maximum atomic E-state index is 13.4. The molecule has 0 bridgehead atoms. The number of halogens is 1. The van der Waals surface area contributed by atoms with E-state index in [4.69, 9.17) is 16.3 Å². The molecule has 0 radical (unpaired) electrons. The van der Waals surface area contributed by atoms with Crippen molar-refractivity contribution in [1.82, 2.24) is 4.98 Å². The second-order valence-electron chi connectivity index (χ2n) is 7.37. The van der Waals surface area contributed by atoms with E-state index in [-0.39, 0.29) is 17.9 Å². The van der Waals surface area contributed by atoms with Crippen molar-refractivity contribution < 1.29 is 14.3 Å². The Morgan fingerprint density at radius 1 is 1.00 bits per heavy atom. The van der Waals surface area contributed by atoms with Crippen LogP contribution in [0.15, 0.2) is 60.7 Å². The first-order valence-corrected chi connectivity index (χ1v) is 9.96. The van der Waals surface area contributed by atoms with Crippen LogP contribution >= 0.6 is 11.6 Å². The molecular weight excluding hydrogens is 402 g/mol. The third kappa shape index (κ3) is 2.75. The minimum atomic E-state index is -0.635. The Morgan fingerprint density at radius 2 is 1.73 bits per heavy atom. The summed E-state index contributed by atoms with van der Waals surface area (Å²) in [5, 5.41) is 0.630. The number of pyridine rings is 1. The molecule has 0 fully saturated rings. The largest absolute Gasteiger partial charge is 0.463 e. The van der Waals surface area contributed by atoms with Crippen molar-refractivity contribution in [1.29, 1.82) is 0 Å². The van der Waals surface area contributed by atoms with Crippen LogP contribution in [-0.2, 0) is 4.79 Å². The fourth-order valence-electron chi connectivity index (χ4n) is 4.04. The van der Waals surface area contributed by atoms with Gasteiger partial charge >= 0.3 is 0 Å². The smallest absolute Gasteiger partial charge is 0.267 e. The van der Waals surface area contributed by atoms with Gasteiger partial charge in [0.1, 0.15) is 11.5 Å². The fraction of sp³-hybridized carbons (Fsp3) is 0.174. The number of carbonyl (C=O) groups excluding carboxylic acids is 2. The van der Waals surface area contributed by atoms with Crippen molar-refractivity contribution in [3.8, 4) is 5.88 Å². The summed E-state index contributed by atoms with van der Waals surface area (Å²) in [5.74, 6) is 0.526. The molecule has 2 amide bonds. The number of anilines is 2.